The van der Waals surface area contributed by atoms with Crippen molar-refractivity contribution in [3.63, 3.8) is 0 Å². The van der Waals surface area contributed by atoms with E-state index < -0.39 is 23.7 Å². The van der Waals surface area contributed by atoms with Gasteiger partial charge in [-0.25, -0.2) is 4.79 Å². The highest BCUT2D eigenvalue weighted by Crippen LogP contribution is 2.43. The number of nitrogens with zero attached hydrogens (tertiary/aromatic N) is 1. The number of esters is 1. The Labute approximate surface area is 202 Å². The van der Waals surface area contributed by atoms with Crippen LogP contribution in [0.15, 0.2) is 72.3 Å². The van der Waals surface area contributed by atoms with Crippen LogP contribution in [0, 0.1) is 13.8 Å². The Morgan fingerprint density at radius 3 is 2.46 bits per heavy atom. The zero-order valence-corrected chi connectivity index (χ0v) is 19.6. The van der Waals surface area contributed by atoms with Crippen molar-refractivity contribution in [3.8, 4) is 5.75 Å². The summed E-state index contributed by atoms with van der Waals surface area (Å²) in [4.78, 5) is 40.2. The molecule has 178 valence electrons. The van der Waals surface area contributed by atoms with Gasteiger partial charge in [-0.3, -0.25) is 14.5 Å². The van der Waals surface area contributed by atoms with Gasteiger partial charge in [-0.2, -0.15) is 0 Å². The Morgan fingerprint density at radius 1 is 1.00 bits per heavy atom. The Kier molecular flexibility index (Phi) is 6.42. The third-order valence-electron chi connectivity index (χ3n) is 5.91. The fourth-order valence-electron chi connectivity index (χ4n) is 4.24. The second-order valence-electron chi connectivity index (χ2n) is 8.35. The number of rotatable bonds is 5. The molecule has 1 heterocycles. The first kappa shape index (κ1) is 23.8. The summed E-state index contributed by atoms with van der Waals surface area (Å²) in [7, 11) is 0. The van der Waals surface area contributed by atoms with Gasteiger partial charge in [0.15, 0.2) is 0 Å². The van der Waals surface area contributed by atoms with Gasteiger partial charge in [0.2, 0.25) is 0 Å². The van der Waals surface area contributed by atoms with Crippen LogP contribution in [-0.2, 0) is 14.3 Å². The van der Waals surface area contributed by atoms with Gasteiger partial charge in [0.1, 0.15) is 11.5 Å². The molecule has 3 aromatic rings. The van der Waals surface area contributed by atoms with Crippen LogP contribution in [0.5, 0.6) is 5.75 Å². The maximum Gasteiger partial charge on any atom is 0.338 e. The van der Waals surface area contributed by atoms with Crippen LogP contribution in [0.4, 0.5) is 5.69 Å². The van der Waals surface area contributed by atoms with E-state index in [2.05, 4.69) is 0 Å². The van der Waals surface area contributed by atoms with Crippen molar-refractivity contribution in [2.75, 3.05) is 11.5 Å². The molecule has 7 heteroatoms. The summed E-state index contributed by atoms with van der Waals surface area (Å²) in [5, 5.41) is 21.5. The number of hydrogen-bond donors (Lipinski definition) is 2. The highest BCUT2D eigenvalue weighted by Gasteiger charge is 2.47. The van der Waals surface area contributed by atoms with E-state index in [1.807, 2.05) is 19.1 Å². The molecule has 1 unspecified atom stereocenters. The van der Waals surface area contributed by atoms with Crippen LogP contribution < -0.4 is 4.90 Å². The van der Waals surface area contributed by atoms with E-state index >= 15 is 0 Å². The molecule has 4 rings (SSSR count). The summed E-state index contributed by atoms with van der Waals surface area (Å²) in [5.41, 5.74) is 2.88. The molecule has 0 bridgehead atoms. The summed E-state index contributed by atoms with van der Waals surface area (Å²) in [6.07, 6.45) is 0. The second kappa shape index (κ2) is 9.46. The number of ether oxygens (including phenoxy) is 1. The van der Waals surface area contributed by atoms with Gasteiger partial charge in [-0.05, 0) is 68.3 Å². The largest absolute Gasteiger partial charge is 0.508 e. The van der Waals surface area contributed by atoms with Crippen LogP contribution in [0.25, 0.3) is 5.76 Å². The molecule has 1 saturated heterocycles. The van der Waals surface area contributed by atoms with Gasteiger partial charge >= 0.3 is 5.97 Å². The molecule has 1 fully saturated rings. The number of benzene rings is 3. The molecule has 1 aliphatic heterocycles. The molecule has 0 aromatic heterocycles. The molecule has 1 amide bonds. The van der Waals surface area contributed by atoms with Gasteiger partial charge in [0.05, 0.1) is 23.8 Å². The molecule has 1 atom stereocenters. The summed E-state index contributed by atoms with van der Waals surface area (Å²) >= 11 is 0. The highest BCUT2D eigenvalue weighted by atomic mass is 16.5. The summed E-state index contributed by atoms with van der Waals surface area (Å²) in [6.45, 7) is 5.54. The fourth-order valence-corrected chi connectivity index (χ4v) is 4.24. The van der Waals surface area contributed by atoms with Crippen LogP contribution in [0.1, 0.15) is 45.6 Å². The Hall–Kier alpha value is -4.39. The summed E-state index contributed by atoms with van der Waals surface area (Å²) in [5.74, 6) is -2.64. The van der Waals surface area contributed by atoms with E-state index in [1.54, 1.807) is 50.2 Å². The lowest BCUT2D eigenvalue weighted by Gasteiger charge is -2.26. The minimum absolute atomic E-state index is 0.0555. The van der Waals surface area contributed by atoms with E-state index in [1.165, 1.54) is 23.1 Å². The maximum absolute atomic E-state index is 13.3. The van der Waals surface area contributed by atoms with Crippen molar-refractivity contribution in [2.45, 2.75) is 26.8 Å². The van der Waals surface area contributed by atoms with Gasteiger partial charge < -0.3 is 14.9 Å². The minimum Gasteiger partial charge on any atom is -0.508 e. The summed E-state index contributed by atoms with van der Waals surface area (Å²) < 4.78 is 5.07. The Bertz CT molecular complexity index is 1370. The van der Waals surface area contributed by atoms with E-state index in [0.717, 1.165) is 11.1 Å². The molecule has 0 aliphatic carbocycles. The highest BCUT2D eigenvalue weighted by molar-refractivity contribution is 6.51. The lowest BCUT2D eigenvalue weighted by molar-refractivity contribution is -0.132. The first-order valence-electron chi connectivity index (χ1n) is 11.2. The number of amides is 1. The van der Waals surface area contributed by atoms with Crippen LogP contribution in [-0.4, -0.2) is 34.5 Å². The molecule has 2 N–H and O–H groups in total. The van der Waals surface area contributed by atoms with Crippen LogP contribution >= 0.6 is 0 Å². The Morgan fingerprint density at radius 2 is 1.74 bits per heavy atom. The zero-order chi connectivity index (χ0) is 25.3. The average Bonchev–Trinajstić information content (AvgIpc) is 3.11. The molecule has 7 nitrogen and oxygen atoms in total. The third kappa shape index (κ3) is 4.40. The van der Waals surface area contributed by atoms with E-state index in [0.29, 0.717) is 11.1 Å². The monoisotopic (exact) mass is 471 g/mol. The maximum atomic E-state index is 13.3. The lowest BCUT2D eigenvalue weighted by atomic mass is 9.93. The standard InChI is InChI=1S/C28H25NO6/c1-4-35-28(34)19-8-5-9-20(14-19)29-24(18-7-6-10-21(30)15-18)23(26(32)27(29)33)25(31)22-13-16(2)11-12-17(22)3/h5-15,24,30-31H,4H2,1-3H3/b25-23+. The van der Waals surface area contributed by atoms with Crippen molar-refractivity contribution >= 4 is 29.1 Å². The van der Waals surface area contributed by atoms with Gasteiger partial charge in [-0.1, -0.05) is 35.9 Å². The lowest BCUT2D eigenvalue weighted by Crippen LogP contribution is -2.29. The molecule has 35 heavy (non-hydrogen) atoms. The molecule has 0 radical (unpaired) electrons. The number of ketones is 1. The van der Waals surface area contributed by atoms with Crippen molar-refractivity contribution in [1.82, 2.24) is 0 Å². The number of aliphatic hydroxyl groups is 1. The normalized spacial score (nSPS) is 17.0. The second-order valence-corrected chi connectivity index (χ2v) is 8.35. The molecule has 1 aliphatic rings. The fraction of sp³-hybridized carbons (Fsp3) is 0.179. The van der Waals surface area contributed by atoms with Crippen molar-refractivity contribution in [3.05, 3.63) is 100 Å². The predicted molar refractivity (Wildman–Crippen MR) is 131 cm³/mol. The van der Waals surface area contributed by atoms with Crippen LogP contribution in [0.3, 0.4) is 0 Å². The van der Waals surface area contributed by atoms with E-state index in [9.17, 15) is 24.6 Å². The van der Waals surface area contributed by atoms with Crippen molar-refractivity contribution in [1.29, 1.82) is 0 Å². The minimum atomic E-state index is -1.03. The SMILES string of the molecule is CCOC(=O)c1cccc(N2C(=O)C(=O)/C(=C(/O)c3cc(C)ccc3C)C2c2cccc(O)c2)c1. The number of hydrogen-bond acceptors (Lipinski definition) is 6. The zero-order valence-electron chi connectivity index (χ0n) is 19.6. The molecular formula is C28H25NO6. The number of carbonyl (C=O) groups is 3. The number of carbonyl (C=O) groups excluding carboxylic acids is 3. The van der Waals surface area contributed by atoms with Gasteiger partial charge in [-0.15, -0.1) is 0 Å². The quantitative estimate of drug-likeness (QED) is 0.239. The number of aryl methyl sites for hydroxylation is 2. The number of anilines is 1. The first-order chi connectivity index (χ1) is 16.7. The number of phenolic OH excluding ortho intramolecular Hbond substituents is 1. The summed E-state index contributed by atoms with van der Waals surface area (Å²) in [6, 6.07) is 16.8. The topological polar surface area (TPSA) is 104 Å². The number of aliphatic hydroxyl groups excluding tert-OH is 1. The van der Waals surface area contributed by atoms with Gasteiger partial charge in [0.25, 0.3) is 11.7 Å². The smallest absolute Gasteiger partial charge is 0.338 e. The predicted octanol–water partition coefficient (Wildman–Crippen LogP) is 4.81. The number of Topliss-reactive ketones (excluding diaryl/α,β-unsaturated/α-hetero) is 1. The van der Waals surface area contributed by atoms with Crippen molar-refractivity contribution in [2.24, 2.45) is 0 Å². The van der Waals surface area contributed by atoms with Crippen LogP contribution in [0.2, 0.25) is 0 Å². The molecule has 0 spiro atoms. The van der Waals surface area contributed by atoms with E-state index in [-0.39, 0.29) is 34.9 Å². The van der Waals surface area contributed by atoms with Crippen molar-refractivity contribution < 1.29 is 29.3 Å². The number of aromatic hydroxyl groups is 1. The third-order valence-corrected chi connectivity index (χ3v) is 5.91. The molecular weight excluding hydrogens is 446 g/mol. The first-order valence-corrected chi connectivity index (χ1v) is 11.2. The van der Waals surface area contributed by atoms with Gasteiger partial charge in [0, 0.05) is 11.3 Å². The molecule has 3 aromatic carbocycles. The molecule has 0 saturated carbocycles. The Balaban J connectivity index is 1.95. The average molecular weight is 472 g/mol. The number of phenols is 1. The van der Waals surface area contributed by atoms with E-state index in [4.69, 9.17) is 4.74 Å².